The molecule has 0 fully saturated rings. The lowest BCUT2D eigenvalue weighted by Gasteiger charge is -2.15. The number of guanidine groups is 1. The second kappa shape index (κ2) is 12.4. The average Bonchev–Trinajstić information content (AvgIpc) is 2.72. The number of hydrogen-bond donors (Lipinski definition) is 2. The minimum Gasteiger partial charge on any atom is -0.497 e. The molecule has 0 saturated carbocycles. The molecule has 0 aliphatic rings. The van der Waals surface area contributed by atoms with Crippen molar-refractivity contribution >= 4 is 29.9 Å². The molecule has 0 spiro atoms. The minimum absolute atomic E-state index is 0. The van der Waals surface area contributed by atoms with E-state index in [4.69, 9.17) is 14.2 Å². The lowest BCUT2D eigenvalue weighted by atomic mass is 10.2. The molecule has 2 aromatic rings. The van der Waals surface area contributed by atoms with E-state index in [9.17, 15) is 13.2 Å². The maximum absolute atomic E-state index is 12.2. The van der Waals surface area contributed by atoms with Crippen LogP contribution in [0.5, 0.6) is 17.2 Å². The van der Waals surface area contributed by atoms with Crippen LogP contribution in [0.25, 0.3) is 0 Å². The third kappa shape index (κ3) is 8.56. The number of nitrogens with zero attached hydrogens (tertiary/aromatic N) is 1. The number of aliphatic imine (C=N–C) groups is 1. The van der Waals surface area contributed by atoms with Crippen molar-refractivity contribution < 1.29 is 27.4 Å². The maximum atomic E-state index is 12.2. The van der Waals surface area contributed by atoms with E-state index in [0.717, 1.165) is 11.1 Å². The number of halogens is 4. The monoisotopic (exact) mass is 539 g/mol. The Morgan fingerprint density at radius 1 is 0.933 bits per heavy atom. The number of nitrogens with one attached hydrogen (secondary N) is 2. The third-order valence-electron chi connectivity index (χ3n) is 3.95. The standard InChI is InChI=1S/C20H24F3N3O3.HI/c1-24-19(26-12-15-6-9-17(27-2)10-18(15)28-3)25-11-14-4-7-16(8-5-14)29-13-20(21,22)23;/h4-10H,11-13H2,1-3H3,(H2,24,25,26);1H. The Kier molecular flexibility index (Phi) is 10.6. The number of hydrogen-bond acceptors (Lipinski definition) is 4. The van der Waals surface area contributed by atoms with E-state index in [1.54, 1.807) is 39.5 Å². The summed E-state index contributed by atoms with van der Waals surface area (Å²) >= 11 is 0. The summed E-state index contributed by atoms with van der Waals surface area (Å²) in [6.07, 6.45) is -4.36. The summed E-state index contributed by atoms with van der Waals surface area (Å²) in [5, 5.41) is 6.33. The van der Waals surface area contributed by atoms with E-state index in [2.05, 4.69) is 15.6 Å². The van der Waals surface area contributed by atoms with Gasteiger partial charge in [0, 0.05) is 31.8 Å². The summed E-state index contributed by atoms with van der Waals surface area (Å²) in [6, 6.07) is 11.9. The van der Waals surface area contributed by atoms with Crippen molar-refractivity contribution in [3.05, 3.63) is 53.6 Å². The summed E-state index contributed by atoms with van der Waals surface area (Å²) in [7, 11) is 4.83. The van der Waals surface area contributed by atoms with Crippen molar-refractivity contribution in [1.82, 2.24) is 10.6 Å². The van der Waals surface area contributed by atoms with Crippen molar-refractivity contribution in [1.29, 1.82) is 0 Å². The van der Waals surface area contributed by atoms with Gasteiger partial charge in [-0.15, -0.1) is 24.0 Å². The van der Waals surface area contributed by atoms with Crippen LogP contribution in [0.4, 0.5) is 13.2 Å². The SMILES string of the molecule is CN=C(NCc1ccc(OCC(F)(F)F)cc1)NCc1ccc(OC)cc1OC.I. The van der Waals surface area contributed by atoms with Crippen LogP contribution in [0.2, 0.25) is 0 Å². The van der Waals surface area contributed by atoms with Gasteiger partial charge >= 0.3 is 6.18 Å². The van der Waals surface area contributed by atoms with Crippen LogP contribution < -0.4 is 24.8 Å². The molecule has 2 aromatic carbocycles. The van der Waals surface area contributed by atoms with Crippen molar-refractivity contribution in [2.24, 2.45) is 4.99 Å². The predicted molar refractivity (Wildman–Crippen MR) is 120 cm³/mol. The average molecular weight is 539 g/mol. The summed E-state index contributed by atoms with van der Waals surface area (Å²) in [5.74, 6) is 2.14. The van der Waals surface area contributed by atoms with Crippen molar-refractivity contribution in [2.75, 3.05) is 27.9 Å². The van der Waals surface area contributed by atoms with Gasteiger partial charge in [0.1, 0.15) is 17.2 Å². The summed E-state index contributed by atoms with van der Waals surface area (Å²) in [4.78, 5) is 4.16. The fourth-order valence-corrected chi connectivity index (χ4v) is 2.45. The predicted octanol–water partition coefficient (Wildman–Crippen LogP) is 4.13. The molecule has 0 aliphatic heterocycles. The fraction of sp³-hybridized carbons (Fsp3) is 0.350. The Hall–Kier alpha value is -2.37. The van der Waals surface area contributed by atoms with Gasteiger partial charge in [0.2, 0.25) is 0 Å². The largest absolute Gasteiger partial charge is 0.497 e. The number of rotatable bonds is 8. The second-order valence-electron chi connectivity index (χ2n) is 6.00. The van der Waals surface area contributed by atoms with Gasteiger partial charge < -0.3 is 24.8 Å². The number of methoxy groups -OCH3 is 2. The molecule has 0 heterocycles. The molecule has 0 unspecified atom stereocenters. The minimum atomic E-state index is -4.36. The molecule has 10 heteroatoms. The van der Waals surface area contributed by atoms with Gasteiger partial charge in [-0.3, -0.25) is 4.99 Å². The highest BCUT2D eigenvalue weighted by Crippen LogP contribution is 2.24. The zero-order valence-electron chi connectivity index (χ0n) is 16.9. The molecular formula is C20H25F3IN3O3. The number of benzene rings is 2. The van der Waals surface area contributed by atoms with Crippen LogP contribution in [-0.2, 0) is 13.1 Å². The molecular weight excluding hydrogens is 514 g/mol. The third-order valence-corrected chi connectivity index (χ3v) is 3.95. The topological polar surface area (TPSA) is 64.1 Å². The first-order chi connectivity index (χ1) is 13.8. The van der Waals surface area contributed by atoms with Crippen LogP contribution in [-0.4, -0.2) is 40.0 Å². The lowest BCUT2D eigenvalue weighted by Crippen LogP contribution is -2.36. The molecule has 0 atom stereocenters. The van der Waals surface area contributed by atoms with Gasteiger partial charge in [-0.05, 0) is 29.8 Å². The first-order valence-corrected chi connectivity index (χ1v) is 8.78. The molecule has 0 aromatic heterocycles. The van der Waals surface area contributed by atoms with Gasteiger partial charge in [-0.25, -0.2) is 0 Å². The Morgan fingerprint density at radius 3 is 2.13 bits per heavy atom. The van der Waals surface area contributed by atoms with Crippen LogP contribution in [0, 0.1) is 0 Å². The fourth-order valence-electron chi connectivity index (χ4n) is 2.45. The van der Waals surface area contributed by atoms with Crippen LogP contribution in [0.1, 0.15) is 11.1 Å². The number of alkyl halides is 3. The van der Waals surface area contributed by atoms with Gasteiger partial charge in [-0.2, -0.15) is 13.2 Å². The van der Waals surface area contributed by atoms with Gasteiger partial charge in [0.15, 0.2) is 12.6 Å². The maximum Gasteiger partial charge on any atom is 0.422 e. The number of ether oxygens (including phenoxy) is 3. The normalized spacial score (nSPS) is 11.3. The molecule has 0 aliphatic carbocycles. The molecule has 0 bridgehead atoms. The first kappa shape index (κ1) is 25.7. The highest BCUT2D eigenvalue weighted by molar-refractivity contribution is 14.0. The highest BCUT2D eigenvalue weighted by atomic mass is 127. The first-order valence-electron chi connectivity index (χ1n) is 8.78. The summed E-state index contributed by atoms with van der Waals surface area (Å²) in [6.45, 7) is -0.383. The molecule has 30 heavy (non-hydrogen) atoms. The molecule has 0 saturated heterocycles. The zero-order valence-corrected chi connectivity index (χ0v) is 19.2. The van der Waals surface area contributed by atoms with E-state index in [1.807, 2.05) is 12.1 Å². The molecule has 2 rings (SSSR count). The molecule has 0 radical (unpaired) electrons. The zero-order chi connectivity index (χ0) is 21.3. The van der Waals surface area contributed by atoms with Crippen LogP contribution in [0.15, 0.2) is 47.5 Å². The van der Waals surface area contributed by atoms with Crippen LogP contribution >= 0.6 is 24.0 Å². The van der Waals surface area contributed by atoms with E-state index in [0.29, 0.717) is 30.5 Å². The quantitative estimate of drug-likeness (QED) is 0.300. The van der Waals surface area contributed by atoms with Gasteiger partial charge in [-0.1, -0.05) is 12.1 Å². The van der Waals surface area contributed by atoms with Crippen molar-refractivity contribution in [3.8, 4) is 17.2 Å². The van der Waals surface area contributed by atoms with E-state index < -0.39 is 12.8 Å². The Labute approximate surface area is 190 Å². The Balaban J connectivity index is 0.00000450. The second-order valence-corrected chi connectivity index (χ2v) is 6.00. The molecule has 6 nitrogen and oxygen atoms in total. The highest BCUT2D eigenvalue weighted by Gasteiger charge is 2.28. The Morgan fingerprint density at radius 2 is 1.57 bits per heavy atom. The molecule has 0 amide bonds. The summed E-state index contributed by atoms with van der Waals surface area (Å²) < 4.78 is 51.8. The van der Waals surface area contributed by atoms with Crippen LogP contribution in [0.3, 0.4) is 0 Å². The van der Waals surface area contributed by atoms with Gasteiger partial charge in [0.25, 0.3) is 0 Å². The summed E-state index contributed by atoms with van der Waals surface area (Å²) in [5.41, 5.74) is 1.80. The smallest absolute Gasteiger partial charge is 0.422 e. The molecule has 2 N–H and O–H groups in total. The van der Waals surface area contributed by atoms with E-state index in [-0.39, 0.29) is 29.7 Å². The van der Waals surface area contributed by atoms with E-state index in [1.165, 1.54) is 12.1 Å². The van der Waals surface area contributed by atoms with Gasteiger partial charge in [0.05, 0.1) is 14.2 Å². The lowest BCUT2D eigenvalue weighted by molar-refractivity contribution is -0.153. The molecule has 166 valence electrons. The van der Waals surface area contributed by atoms with Crippen molar-refractivity contribution in [2.45, 2.75) is 19.3 Å². The van der Waals surface area contributed by atoms with Crippen molar-refractivity contribution in [3.63, 3.8) is 0 Å². The van der Waals surface area contributed by atoms with E-state index >= 15 is 0 Å². The Bertz CT molecular complexity index is 815.